The zero-order chi connectivity index (χ0) is 49.4. The van der Waals surface area contributed by atoms with Gasteiger partial charge in [-0.05, 0) is 69.1 Å². The largest absolute Gasteiger partial charge is 0.309 e. The quantitative estimate of drug-likeness (QED) is 0.122. The summed E-state index contributed by atoms with van der Waals surface area (Å²) in [4.78, 5) is 0. The van der Waals surface area contributed by atoms with E-state index in [0.717, 1.165) is 24.7 Å². The molecule has 0 saturated carbocycles. The number of hydrogen-bond acceptors (Lipinski definition) is 0. The highest BCUT2D eigenvalue weighted by molar-refractivity contribution is 7.19. The number of aromatic nitrogens is 2. The van der Waals surface area contributed by atoms with Gasteiger partial charge in [-0.2, -0.15) is 0 Å². The molecule has 0 N–H and O–H groups in total. The average molecular weight is 685 g/mol. The minimum atomic E-state index is -3.88. The third-order valence-electron chi connectivity index (χ3n) is 9.33. The first-order valence-electron chi connectivity index (χ1n) is 25.2. The second kappa shape index (κ2) is 11.9. The van der Waals surface area contributed by atoms with Gasteiger partial charge in [-0.1, -0.05) is 157 Å². The van der Waals surface area contributed by atoms with Crippen LogP contribution >= 0.6 is 0 Å². The number of benzene rings is 8. The summed E-state index contributed by atoms with van der Waals surface area (Å²) in [5, 5.41) is 1.27. The molecule has 0 spiro atoms. The van der Waals surface area contributed by atoms with Crippen molar-refractivity contribution in [3.8, 4) is 11.4 Å². The van der Waals surface area contributed by atoms with Crippen LogP contribution in [0.4, 0.5) is 0 Å². The molecule has 0 radical (unpaired) electrons. The predicted molar refractivity (Wildman–Crippen MR) is 219 cm³/mol. The van der Waals surface area contributed by atoms with Crippen LogP contribution in [0.5, 0.6) is 0 Å². The van der Waals surface area contributed by atoms with Gasteiger partial charge >= 0.3 is 0 Å². The molecule has 0 fully saturated rings. The molecule has 0 bridgehead atoms. The lowest BCUT2D eigenvalue weighted by atomic mass is 10.1. The van der Waals surface area contributed by atoms with Crippen molar-refractivity contribution in [2.75, 3.05) is 0 Å². The second-order valence-corrected chi connectivity index (χ2v) is 15.7. The molecule has 0 aliphatic carbocycles. The minimum absolute atomic E-state index is 0.0701. The van der Waals surface area contributed by atoms with Gasteiger partial charge in [0.15, 0.2) is 8.07 Å². The Balaban J connectivity index is 1.44. The molecule has 0 atom stereocenters. The fourth-order valence-electron chi connectivity index (χ4n) is 7.22. The molecule has 51 heavy (non-hydrogen) atoms. The molecular formula is C48H34N2Si. The number of nitrogens with zero attached hydrogens (tertiary/aromatic N) is 2. The Morgan fingerprint density at radius 3 is 1.29 bits per heavy atom. The molecule has 0 unspecified atom stereocenters. The molecular weight excluding hydrogens is 633 g/mol. The van der Waals surface area contributed by atoms with Crippen molar-refractivity contribution in [1.29, 1.82) is 0 Å². The van der Waals surface area contributed by atoms with Gasteiger partial charge in [0, 0.05) is 32.9 Å². The topological polar surface area (TPSA) is 9.86 Å². The summed E-state index contributed by atoms with van der Waals surface area (Å²) in [6.07, 6.45) is 0. The first kappa shape index (κ1) is 16.5. The molecule has 10 rings (SSSR count). The normalized spacial score (nSPS) is 16.9. The molecule has 0 saturated heterocycles. The van der Waals surface area contributed by atoms with Gasteiger partial charge in [0.2, 0.25) is 0 Å². The molecule has 3 heteroatoms. The molecule has 0 aliphatic heterocycles. The van der Waals surface area contributed by atoms with E-state index in [-0.39, 0.29) is 54.5 Å². The summed E-state index contributed by atoms with van der Waals surface area (Å²) in [5.74, 6) is 0. The number of rotatable bonds is 6. The third-order valence-corrected chi connectivity index (χ3v) is 13.9. The van der Waals surface area contributed by atoms with Crippen molar-refractivity contribution >= 4 is 72.4 Å². The van der Waals surface area contributed by atoms with Crippen LogP contribution in [0.1, 0.15) is 24.7 Å². The van der Waals surface area contributed by atoms with Crippen molar-refractivity contribution in [2.24, 2.45) is 0 Å². The SMILES string of the molecule is [2H]c1c([2H])c(-n2c3c([2H])c([2H])c(-n4c5c([2H])c([2H])c([2H])c([2H])c5c5c([2H])c([2H])c([2H])c([2H])c54)cc3c3c([2H])c([2H])c([2H])c([2H])c32)c([2H])c([Si](c2ccccc2)(c2ccccc2)c2ccccc2)c1[2H]. The lowest BCUT2D eigenvalue weighted by Crippen LogP contribution is -2.74. The maximum absolute atomic E-state index is 10.3. The molecule has 2 aromatic heterocycles. The van der Waals surface area contributed by atoms with Crippen molar-refractivity contribution in [3.05, 3.63) is 206 Å². The Bertz CT molecular complexity index is 3700. The third kappa shape index (κ3) is 4.49. The van der Waals surface area contributed by atoms with Crippen LogP contribution in [0.25, 0.3) is 55.0 Å². The average Bonchev–Trinajstić information content (AvgIpc) is 3.89. The maximum atomic E-state index is 10.3. The van der Waals surface area contributed by atoms with Crippen molar-refractivity contribution in [3.63, 3.8) is 0 Å². The first-order chi connectivity index (χ1) is 32.8. The van der Waals surface area contributed by atoms with Gasteiger partial charge in [0.05, 0.1) is 46.7 Å². The van der Waals surface area contributed by atoms with Gasteiger partial charge in [-0.3, -0.25) is 0 Å². The summed E-state index contributed by atoms with van der Waals surface area (Å²) < 4.78 is 167. The smallest absolute Gasteiger partial charge is 0.179 e. The summed E-state index contributed by atoms with van der Waals surface area (Å²) in [6.45, 7) is 0. The van der Waals surface area contributed by atoms with E-state index in [0.29, 0.717) is 0 Å². The lowest BCUT2D eigenvalue weighted by Gasteiger charge is -2.34. The molecule has 0 amide bonds. The van der Waals surface area contributed by atoms with Crippen LogP contribution in [0.3, 0.4) is 0 Å². The summed E-state index contributed by atoms with van der Waals surface area (Å²) >= 11 is 0. The van der Waals surface area contributed by atoms with Gasteiger partial charge in [-0.15, -0.1) is 0 Å². The van der Waals surface area contributed by atoms with Crippen molar-refractivity contribution in [2.45, 2.75) is 0 Å². The number of fused-ring (bicyclic) bond motifs is 6. The zero-order valence-electron chi connectivity index (χ0n) is 44.6. The summed E-state index contributed by atoms with van der Waals surface area (Å²) in [5.41, 5.74) is -2.08. The Hall–Kier alpha value is -6.42. The van der Waals surface area contributed by atoms with E-state index in [1.807, 2.05) is 91.0 Å². The van der Waals surface area contributed by atoms with Gasteiger partial charge in [0.25, 0.3) is 0 Å². The molecule has 8 aromatic carbocycles. The highest BCUT2D eigenvalue weighted by atomic mass is 28.3. The highest BCUT2D eigenvalue weighted by Crippen LogP contribution is 2.36. The van der Waals surface area contributed by atoms with Crippen LogP contribution in [-0.2, 0) is 0 Å². The van der Waals surface area contributed by atoms with Gasteiger partial charge < -0.3 is 9.13 Å². The summed E-state index contributed by atoms with van der Waals surface area (Å²) in [6, 6.07) is 17.3. The fourth-order valence-corrected chi connectivity index (χ4v) is 11.7. The standard InChI is InChI=1S/C48H34N2Si/c1-4-18-37(19-5-1)51(38-20-6-2-7-21-38,39-22-8-3-9-23-39)40-24-16-17-35(33-40)49-47-30-15-12-27-43(47)44-34-36(31-32-48(44)49)50-45-28-13-10-25-41(45)42-26-11-14-29-46(42)50/h1-34H/i10D,11D,12D,13D,14D,15D,16D,17D,24D,25D,26D,27D,28D,29D,30D,31D,32D,33D. The van der Waals surface area contributed by atoms with Crippen molar-refractivity contribution in [1.82, 2.24) is 9.13 Å². The van der Waals surface area contributed by atoms with E-state index in [9.17, 15) is 11.0 Å². The monoisotopic (exact) mass is 684 g/mol. The van der Waals surface area contributed by atoms with Crippen molar-refractivity contribution < 1.29 is 24.7 Å². The number of hydrogen-bond donors (Lipinski definition) is 0. The van der Waals surface area contributed by atoms with Crippen LogP contribution in [0.2, 0.25) is 0 Å². The molecule has 0 aliphatic rings. The molecule has 10 aromatic rings. The molecule has 240 valence electrons. The zero-order valence-corrected chi connectivity index (χ0v) is 27.6. The predicted octanol–water partition coefficient (Wildman–Crippen LogP) is 9.26. The second-order valence-electron chi connectivity index (χ2n) is 12.0. The van der Waals surface area contributed by atoms with Crippen LogP contribution in [0, 0.1) is 0 Å². The Labute approximate surface area is 323 Å². The highest BCUT2D eigenvalue weighted by Gasteiger charge is 2.41. The first-order valence-corrected chi connectivity index (χ1v) is 18.2. The molecule has 2 nitrogen and oxygen atoms in total. The Kier molecular flexibility index (Phi) is 3.85. The van der Waals surface area contributed by atoms with E-state index in [4.69, 9.17) is 13.7 Å². The van der Waals surface area contributed by atoms with Crippen LogP contribution in [0.15, 0.2) is 206 Å². The number of para-hydroxylation sites is 3. The van der Waals surface area contributed by atoms with Gasteiger partial charge in [0.1, 0.15) is 0 Å². The van der Waals surface area contributed by atoms with Crippen LogP contribution in [-0.4, -0.2) is 17.2 Å². The molecule has 2 heterocycles. The van der Waals surface area contributed by atoms with Gasteiger partial charge in [-0.25, -0.2) is 0 Å². The van der Waals surface area contributed by atoms with Crippen LogP contribution < -0.4 is 20.7 Å². The minimum Gasteiger partial charge on any atom is -0.309 e. The Morgan fingerprint density at radius 2 is 0.784 bits per heavy atom. The summed E-state index contributed by atoms with van der Waals surface area (Å²) in [7, 11) is -3.88. The van der Waals surface area contributed by atoms with E-state index in [1.165, 1.54) is 6.07 Å². The van der Waals surface area contributed by atoms with E-state index in [1.54, 1.807) is 0 Å². The maximum Gasteiger partial charge on any atom is 0.179 e. The fraction of sp³-hybridized carbons (Fsp3) is 0. The lowest BCUT2D eigenvalue weighted by molar-refractivity contribution is 1.17. The van der Waals surface area contributed by atoms with E-state index in [2.05, 4.69) is 0 Å². The van der Waals surface area contributed by atoms with E-state index < -0.39 is 123 Å². The Morgan fingerprint density at radius 1 is 0.353 bits per heavy atom. The van der Waals surface area contributed by atoms with E-state index >= 15 is 0 Å².